The van der Waals surface area contributed by atoms with E-state index < -0.39 is 42.0 Å². The van der Waals surface area contributed by atoms with E-state index in [2.05, 4.69) is 27.8 Å². The summed E-state index contributed by atoms with van der Waals surface area (Å²) in [7, 11) is 0. The Balaban J connectivity index is 1.63. The third-order valence-corrected chi connectivity index (χ3v) is 7.07. The fourth-order valence-electron chi connectivity index (χ4n) is 4.39. The van der Waals surface area contributed by atoms with Crippen LogP contribution in [0.25, 0.3) is 0 Å². The van der Waals surface area contributed by atoms with E-state index in [0.717, 1.165) is 5.56 Å². The molecule has 10 N–H and O–H groups in total. The number of amides is 4. The topological polar surface area (TPSA) is 209 Å². The number of nitrogens with two attached hydrogens (primary N) is 2. The van der Waals surface area contributed by atoms with E-state index in [1.165, 1.54) is 24.5 Å². The van der Waals surface area contributed by atoms with Crippen molar-refractivity contribution in [3.63, 3.8) is 0 Å². The first-order valence-electron chi connectivity index (χ1n) is 14.9. The molecular weight excluding hydrogens is 588 g/mol. The SMILES string of the molecule is C[C@@H](O)[C@H](NC(=O)c1ccc(C#Cc2ccc(NC(=O)[C@@H](CCc3ccccc3)NC(=O)[C@H](N)CCCN)cc2)cc1)C(=O)NO. The van der Waals surface area contributed by atoms with E-state index in [1.807, 2.05) is 30.3 Å². The van der Waals surface area contributed by atoms with Crippen LogP contribution in [0.1, 0.15) is 53.2 Å². The van der Waals surface area contributed by atoms with Gasteiger partial charge < -0.3 is 32.5 Å². The van der Waals surface area contributed by atoms with Crippen LogP contribution >= 0.6 is 0 Å². The van der Waals surface area contributed by atoms with Gasteiger partial charge in [-0.1, -0.05) is 42.2 Å². The van der Waals surface area contributed by atoms with E-state index >= 15 is 0 Å². The summed E-state index contributed by atoms with van der Waals surface area (Å²) in [6.45, 7) is 1.73. The van der Waals surface area contributed by atoms with Crippen LogP contribution in [0.3, 0.4) is 0 Å². The van der Waals surface area contributed by atoms with Gasteiger partial charge in [0.25, 0.3) is 11.8 Å². The lowest BCUT2D eigenvalue weighted by molar-refractivity contribution is -0.133. The van der Waals surface area contributed by atoms with Gasteiger partial charge in [-0.25, -0.2) is 5.48 Å². The Bertz CT molecular complexity index is 1520. The van der Waals surface area contributed by atoms with Crippen molar-refractivity contribution in [1.82, 2.24) is 16.1 Å². The molecule has 0 aromatic heterocycles. The lowest BCUT2D eigenvalue weighted by Crippen LogP contribution is -2.51. The van der Waals surface area contributed by atoms with Crippen LogP contribution in [-0.4, -0.2) is 64.7 Å². The van der Waals surface area contributed by atoms with E-state index in [1.54, 1.807) is 36.4 Å². The van der Waals surface area contributed by atoms with Gasteiger partial charge in [0.05, 0.1) is 12.1 Å². The van der Waals surface area contributed by atoms with Crippen LogP contribution in [0.4, 0.5) is 5.69 Å². The molecule has 0 heterocycles. The van der Waals surface area contributed by atoms with E-state index in [-0.39, 0.29) is 11.5 Å². The highest BCUT2D eigenvalue weighted by Crippen LogP contribution is 2.13. The van der Waals surface area contributed by atoms with E-state index in [9.17, 15) is 24.3 Å². The van der Waals surface area contributed by atoms with Crippen LogP contribution in [0.15, 0.2) is 78.9 Å². The molecule has 3 aromatic carbocycles. The maximum absolute atomic E-state index is 13.2. The van der Waals surface area contributed by atoms with Gasteiger partial charge in [0.2, 0.25) is 11.8 Å². The molecule has 46 heavy (non-hydrogen) atoms. The minimum absolute atomic E-state index is 0.234. The van der Waals surface area contributed by atoms with Crippen molar-refractivity contribution in [2.24, 2.45) is 11.5 Å². The number of aliphatic hydroxyl groups excluding tert-OH is 1. The van der Waals surface area contributed by atoms with Crippen LogP contribution < -0.4 is 32.9 Å². The number of benzene rings is 3. The molecule has 3 rings (SSSR count). The summed E-state index contributed by atoms with van der Waals surface area (Å²) >= 11 is 0. The number of aryl methyl sites for hydroxylation is 1. The van der Waals surface area contributed by atoms with Crippen LogP contribution in [0.5, 0.6) is 0 Å². The Morgan fingerprint density at radius 3 is 1.98 bits per heavy atom. The van der Waals surface area contributed by atoms with Crippen molar-refractivity contribution in [3.8, 4) is 11.8 Å². The van der Waals surface area contributed by atoms with Gasteiger partial charge in [-0.3, -0.25) is 24.4 Å². The molecule has 4 amide bonds. The molecule has 12 nitrogen and oxygen atoms in total. The van der Waals surface area contributed by atoms with E-state index in [4.69, 9.17) is 16.7 Å². The minimum Gasteiger partial charge on any atom is -0.391 e. The quantitative estimate of drug-likeness (QED) is 0.0737. The summed E-state index contributed by atoms with van der Waals surface area (Å²) in [5, 5.41) is 26.5. The summed E-state index contributed by atoms with van der Waals surface area (Å²) < 4.78 is 0. The highest BCUT2D eigenvalue weighted by atomic mass is 16.5. The number of rotatable bonds is 14. The zero-order valence-electron chi connectivity index (χ0n) is 25.5. The number of nitrogens with one attached hydrogen (secondary N) is 4. The molecule has 0 aliphatic heterocycles. The standard InChI is InChI=1S/C34H40N6O6/c1-22(41)30(34(45)40-46)39-31(42)26-16-11-24(12-17-26)9-10-25-13-18-27(19-14-25)37-33(44)29(20-15-23-6-3-2-4-7-23)38-32(43)28(36)8-5-21-35/h2-4,6-7,11-14,16-19,22,28-30,41,46H,5,8,15,20-21,35-36H2,1H3,(H,37,44)(H,38,43)(H,39,42)(H,40,45)/t22-,28-,29-,30+/m1/s1. The van der Waals surface area contributed by atoms with Crippen molar-refractivity contribution in [2.75, 3.05) is 11.9 Å². The number of anilines is 1. The van der Waals surface area contributed by atoms with Gasteiger partial charge in [0.1, 0.15) is 12.1 Å². The lowest BCUT2D eigenvalue weighted by Gasteiger charge is -2.21. The molecule has 0 radical (unpaired) electrons. The van der Waals surface area contributed by atoms with Gasteiger partial charge in [-0.15, -0.1) is 0 Å². The Hall–Kier alpha value is -5.06. The Kier molecular flexibility index (Phi) is 13.9. The van der Waals surface area contributed by atoms with E-state index in [0.29, 0.717) is 49.0 Å². The van der Waals surface area contributed by atoms with Crippen molar-refractivity contribution in [2.45, 2.75) is 56.8 Å². The zero-order chi connectivity index (χ0) is 33.5. The molecule has 242 valence electrons. The molecule has 4 atom stereocenters. The number of carbonyl (C=O) groups is 4. The number of hydrogen-bond donors (Lipinski definition) is 8. The molecule has 0 aliphatic carbocycles. The first-order valence-corrected chi connectivity index (χ1v) is 14.9. The Morgan fingerprint density at radius 2 is 1.41 bits per heavy atom. The normalized spacial score (nSPS) is 13.2. The average Bonchev–Trinajstić information content (AvgIpc) is 3.07. The van der Waals surface area contributed by atoms with Crippen molar-refractivity contribution >= 4 is 29.3 Å². The molecule has 0 saturated heterocycles. The molecule has 0 unspecified atom stereocenters. The van der Waals surface area contributed by atoms with Crippen LogP contribution in [0, 0.1) is 11.8 Å². The van der Waals surface area contributed by atoms with Crippen LogP contribution in [0.2, 0.25) is 0 Å². The Morgan fingerprint density at radius 1 is 0.804 bits per heavy atom. The first kappa shape index (κ1) is 35.4. The molecule has 0 fully saturated rings. The summed E-state index contributed by atoms with van der Waals surface area (Å²) in [6, 6.07) is 20.0. The fraction of sp³-hybridized carbons (Fsp3) is 0.294. The molecule has 12 heteroatoms. The lowest BCUT2D eigenvalue weighted by atomic mass is 10.0. The van der Waals surface area contributed by atoms with Gasteiger partial charge in [-0.05, 0) is 93.2 Å². The van der Waals surface area contributed by atoms with Crippen LogP contribution in [-0.2, 0) is 20.8 Å². The zero-order valence-corrected chi connectivity index (χ0v) is 25.5. The highest BCUT2D eigenvalue weighted by Gasteiger charge is 2.26. The van der Waals surface area contributed by atoms with Gasteiger partial charge in [0, 0.05) is 22.4 Å². The smallest absolute Gasteiger partial charge is 0.268 e. The Labute approximate surface area is 267 Å². The molecular formula is C34H40N6O6. The summed E-state index contributed by atoms with van der Waals surface area (Å²) in [5.74, 6) is 3.70. The number of hydrogen-bond acceptors (Lipinski definition) is 8. The second kappa shape index (κ2) is 18.0. The molecule has 0 saturated carbocycles. The number of carbonyl (C=O) groups excluding carboxylic acids is 4. The molecule has 3 aromatic rings. The van der Waals surface area contributed by atoms with Crippen molar-refractivity contribution in [3.05, 3.63) is 101 Å². The third kappa shape index (κ3) is 11.1. The third-order valence-electron chi connectivity index (χ3n) is 7.07. The predicted octanol–water partition coefficient (Wildman–Crippen LogP) is 1.19. The van der Waals surface area contributed by atoms with Crippen molar-refractivity contribution in [1.29, 1.82) is 0 Å². The maximum Gasteiger partial charge on any atom is 0.268 e. The number of hydroxylamine groups is 1. The average molecular weight is 629 g/mol. The molecule has 0 aliphatic rings. The van der Waals surface area contributed by atoms with Crippen molar-refractivity contribution < 1.29 is 29.5 Å². The van der Waals surface area contributed by atoms with Gasteiger partial charge in [0.15, 0.2) is 0 Å². The molecule has 0 spiro atoms. The highest BCUT2D eigenvalue weighted by molar-refractivity contribution is 5.98. The number of aliphatic hydroxyl groups is 1. The monoisotopic (exact) mass is 628 g/mol. The largest absolute Gasteiger partial charge is 0.391 e. The van der Waals surface area contributed by atoms with Gasteiger partial charge >= 0.3 is 0 Å². The first-order chi connectivity index (χ1) is 22.1. The maximum atomic E-state index is 13.2. The summed E-state index contributed by atoms with van der Waals surface area (Å²) in [6.07, 6.45) is 0.770. The second-order valence-electron chi connectivity index (χ2n) is 10.7. The summed E-state index contributed by atoms with van der Waals surface area (Å²) in [5.41, 5.74) is 16.1. The van der Waals surface area contributed by atoms with Gasteiger partial charge in [-0.2, -0.15) is 0 Å². The molecule has 0 bridgehead atoms. The minimum atomic E-state index is -1.33. The summed E-state index contributed by atoms with van der Waals surface area (Å²) in [4.78, 5) is 50.1. The fourth-order valence-corrected chi connectivity index (χ4v) is 4.39. The predicted molar refractivity (Wildman–Crippen MR) is 173 cm³/mol. The second-order valence-corrected chi connectivity index (χ2v) is 10.7.